The average molecular weight is 337 g/mol. The predicted molar refractivity (Wildman–Crippen MR) is 98.3 cm³/mol. The molecule has 0 radical (unpaired) electrons. The quantitative estimate of drug-likeness (QED) is 0.851. The average Bonchev–Trinajstić information content (AvgIpc) is 3.37. The van der Waals surface area contributed by atoms with Gasteiger partial charge in [0, 0.05) is 23.7 Å². The minimum Gasteiger partial charge on any atom is -0.366 e. The number of nitrogens with two attached hydrogens (primary N) is 1. The highest BCUT2D eigenvalue weighted by Crippen LogP contribution is 2.48. The molecule has 5 heteroatoms. The molecule has 3 N–H and O–H groups in total. The molecule has 1 saturated carbocycles. The van der Waals surface area contributed by atoms with Gasteiger partial charge >= 0.3 is 0 Å². The second kappa shape index (κ2) is 7.07. The van der Waals surface area contributed by atoms with Crippen molar-refractivity contribution in [3.05, 3.63) is 65.2 Å². The highest BCUT2D eigenvalue weighted by Gasteiger charge is 2.43. The number of benzene rings is 2. The lowest BCUT2D eigenvalue weighted by Gasteiger charge is -2.16. The van der Waals surface area contributed by atoms with Crippen LogP contribution in [0.4, 0.5) is 5.69 Å². The van der Waals surface area contributed by atoms with Crippen molar-refractivity contribution in [2.45, 2.75) is 18.9 Å². The molecule has 0 saturated heterocycles. The van der Waals surface area contributed by atoms with Crippen LogP contribution in [0.3, 0.4) is 0 Å². The molecule has 0 heterocycles. The second-order valence-electron chi connectivity index (χ2n) is 6.82. The Morgan fingerprint density at radius 2 is 1.88 bits per heavy atom. The van der Waals surface area contributed by atoms with E-state index >= 15 is 0 Å². The van der Waals surface area contributed by atoms with Crippen LogP contribution in [0.1, 0.15) is 33.8 Å². The van der Waals surface area contributed by atoms with Crippen molar-refractivity contribution >= 4 is 17.5 Å². The molecule has 2 aromatic rings. The Hall–Kier alpha value is -2.66. The molecule has 1 fully saturated rings. The van der Waals surface area contributed by atoms with Crippen LogP contribution in [0.2, 0.25) is 0 Å². The normalized spacial score (nSPS) is 18.8. The lowest BCUT2D eigenvalue weighted by molar-refractivity contribution is -0.117. The molecular weight excluding hydrogens is 314 g/mol. The van der Waals surface area contributed by atoms with Crippen LogP contribution < -0.4 is 11.1 Å². The number of primary amides is 1. The van der Waals surface area contributed by atoms with Gasteiger partial charge in [0.2, 0.25) is 11.8 Å². The smallest absolute Gasteiger partial charge is 0.248 e. The van der Waals surface area contributed by atoms with Crippen molar-refractivity contribution in [2.24, 2.45) is 11.7 Å². The lowest BCUT2D eigenvalue weighted by Crippen LogP contribution is -2.19. The third kappa shape index (κ3) is 4.06. The van der Waals surface area contributed by atoms with Crippen LogP contribution in [0.5, 0.6) is 0 Å². The Morgan fingerprint density at radius 1 is 1.16 bits per heavy atom. The van der Waals surface area contributed by atoms with Gasteiger partial charge in [-0.3, -0.25) is 9.59 Å². The van der Waals surface area contributed by atoms with E-state index in [0.717, 1.165) is 12.0 Å². The van der Waals surface area contributed by atoms with Crippen molar-refractivity contribution in [3.63, 3.8) is 0 Å². The third-order valence-corrected chi connectivity index (χ3v) is 4.49. The highest BCUT2D eigenvalue weighted by molar-refractivity contribution is 5.98. The van der Waals surface area contributed by atoms with E-state index < -0.39 is 5.91 Å². The van der Waals surface area contributed by atoms with Gasteiger partial charge in [0.15, 0.2) is 0 Å². The first-order valence-electron chi connectivity index (χ1n) is 8.39. The van der Waals surface area contributed by atoms with Gasteiger partial charge in [0.05, 0.1) is 0 Å². The summed E-state index contributed by atoms with van der Waals surface area (Å²) in [5.74, 6) is -0.249. The number of hydrogen-bond acceptors (Lipinski definition) is 3. The maximum atomic E-state index is 12.6. The van der Waals surface area contributed by atoms with E-state index in [0.29, 0.717) is 17.8 Å². The number of anilines is 1. The molecule has 2 aromatic carbocycles. The summed E-state index contributed by atoms with van der Waals surface area (Å²) < 4.78 is 0. The summed E-state index contributed by atoms with van der Waals surface area (Å²) in [5, 5.41) is 3.00. The molecule has 0 aliphatic heterocycles. The number of nitrogens with one attached hydrogen (secondary N) is 1. The molecule has 3 rings (SSSR count). The molecule has 2 atom stereocenters. The van der Waals surface area contributed by atoms with Gasteiger partial charge in [-0.25, -0.2) is 0 Å². The fourth-order valence-corrected chi connectivity index (χ4v) is 3.10. The third-order valence-electron chi connectivity index (χ3n) is 4.49. The highest BCUT2D eigenvalue weighted by atomic mass is 16.2. The fraction of sp³-hybridized carbons (Fsp3) is 0.300. The molecule has 25 heavy (non-hydrogen) atoms. The Morgan fingerprint density at radius 3 is 2.52 bits per heavy atom. The SMILES string of the molecule is CN(C)Cc1ccc(C(N)=O)cc1NC(=O)[C@H]1C[C@H]1c1ccccc1. The summed E-state index contributed by atoms with van der Waals surface area (Å²) in [6, 6.07) is 15.3. The minimum atomic E-state index is -0.500. The van der Waals surface area contributed by atoms with E-state index in [1.54, 1.807) is 12.1 Å². The Balaban J connectivity index is 1.76. The summed E-state index contributed by atoms with van der Waals surface area (Å²) in [4.78, 5) is 26.1. The van der Waals surface area contributed by atoms with Gasteiger partial charge in [0.25, 0.3) is 0 Å². The first-order valence-corrected chi connectivity index (χ1v) is 8.39. The Labute approximate surface area is 147 Å². The fourth-order valence-electron chi connectivity index (χ4n) is 3.10. The summed E-state index contributed by atoms with van der Waals surface area (Å²) in [7, 11) is 3.92. The number of rotatable bonds is 6. The van der Waals surface area contributed by atoms with Crippen molar-refractivity contribution < 1.29 is 9.59 Å². The zero-order valence-corrected chi connectivity index (χ0v) is 14.5. The summed E-state index contributed by atoms with van der Waals surface area (Å²) >= 11 is 0. The van der Waals surface area contributed by atoms with E-state index in [4.69, 9.17) is 5.73 Å². The van der Waals surface area contributed by atoms with Crippen molar-refractivity contribution in [3.8, 4) is 0 Å². The van der Waals surface area contributed by atoms with Crippen LogP contribution in [-0.4, -0.2) is 30.8 Å². The topological polar surface area (TPSA) is 75.4 Å². The zero-order valence-electron chi connectivity index (χ0n) is 14.5. The van der Waals surface area contributed by atoms with E-state index in [2.05, 4.69) is 17.4 Å². The van der Waals surface area contributed by atoms with Crippen LogP contribution >= 0.6 is 0 Å². The van der Waals surface area contributed by atoms with Gasteiger partial charge < -0.3 is 16.0 Å². The monoisotopic (exact) mass is 337 g/mol. The standard InChI is InChI=1S/C20H23N3O2/c1-23(2)12-15-9-8-14(19(21)24)10-18(15)22-20(25)17-11-16(17)13-6-4-3-5-7-13/h3-10,16-17H,11-12H2,1-2H3,(H2,21,24)(H,22,25)/t16-,17-/m0/s1. The first-order chi connectivity index (χ1) is 12.0. The Bertz CT molecular complexity index is 787. The van der Waals surface area contributed by atoms with Crippen molar-refractivity contribution in [1.29, 1.82) is 0 Å². The van der Waals surface area contributed by atoms with Gasteiger partial charge in [0.1, 0.15) is 0 Å². The van der Waals surface area contributed by atoms with Crippen LogP contribution in [-0.2, 0) is 11.3 Å². The molecule has 2 amide bonds. The number of carbonyl (C=O) groups excluding carboxylic acids is 2. The van der Waals surface area contributed by atoms with Crippen LogP contribution in [0.25, 0.3) is 0 Å². The lowest BCUT2D eigenvalue weighted by atomic mass is 10.1. The van der Waals surface area contributed by atoms with E-state index in [9.17, 15) is 9.59 Å². The largest absolute Gasteiger partial charge is 0.366 e. The summed E-state index contributed by atoms with van der Waals surface area (Å²) in [6.45, 7) is 0.668. The Kier molecular flexibility index (Phi) is 4.86. The minimum absolute atomic E-state index is 0.00419. The second-order valence-corrected chi connectivity index (χ2v) is 6.82. The number of nitrogens with zero attached hydrogens (tertiary/aromatic N) is 1. The molecule has 1 aliphatic carbocycles. The maximum Gasteiger partial charge on any atom is 0.248 e. The molecule has 0 spiro atoms. The van der Waals surface area contributed by atoms with E-state index in [1.807, 2.05) is 43.3 Å². The summed E-state index contributed by atoms with van der Waals surface area (Å²) in [5.41, 5.74) is 8.59. The number of amides is 2. The molecule has 0 unspecified atom stereocenters. The molecular formula is C20H23N3O2. The van der Waals surface area contributed by atoms with Crippen molar-refractivity contribution in [1.82, 2.24) is 4.90 Å². The van der Waals surface area contributed by atoms with E-state index in [-0.39, 0.29) is 17.7 Å². The molecule has 0 bridgehead atoms. The van der Waals surface area contributed by atoms with Crippen LogP contribution in [0.15, 0.2) is 48.5 Å². The first kappa shape index (κ1) is 17.2. The molecule has 0 aromatic heterocycles. The van der Waals surface area contributed by atoms with Gasteiger partial charge in [-0.15, -0.1) is 0 Å². The summed E-state index contributed by atoms with van der Waals surface area (Å²) in [6.07, 6.45) is 0.856. The zero-order chi connectivity index (χ0) is 18.0. The van der Waals surface area contributed by atoms with Crippen molar-refractivity contribution in [2.75, 3.05) is 19.4 Å². The molecule has 1 aliphatic rings. The van der Waals surface area contributed by atoms with Gasteiger partial charge in [-0.1, -0.05) is 36.4 Å². The van der Waals surface area contributed by atoms with Gasteiger partial charge in [-0.05, 0) is 49.7 Å². The number of carbonyl (C=O) groups is 2. The van der Waals surface area contributed by atoms with Gasteiger partial charge in [-0.2, -0.15) is 0 Å². The molecule has 130 valence electrons. The molecule has 5 nitrogen and oxygen atoms in total. The number of hydrogen-bond donors (Lipinski definition) is 2. The maximum absolute atomic E-state index is 12.6. The predicted octanol–water partition coefficient (Wildman–Crippen LogP) is 2.59. The van der Waals surface area contributed by atoms with Crippen LogP contribution in [0, 0.1) is 5.92 Å². The van der Waals surface area contributed by atoms with E-state index in [1.165, 1.54) is 5.56 Å².